The summed E-state index contributed by atoms with van der Waals surface area (Å²) >= 11 is 0. The van der Waals surface area contributed by atoms with Crippen LogP contribution in [-0.4, -0.2) is 40.0 Å². The Kier molecular flexibility index (Phi) is 11.0. The molecule has 0 unspecified atom stereocenters. The number of hydrogen-bond donors (Lipinski definition) is 2. The van der Waals surface area contributed by atoms with Crippen LogP contribution >= 0.6 is 0 Å². The predicted octanol–water partition coefficient (Wildman–Crippen LogP) is 9.72. The molecule has 2 amide bonds. The van der Waals surface area contributed by atoms with Crippen molar-refractivity contribution >= 4 is 34.1 Å². The summed E-state index contributed by atoms with van der Waals surface area (Å²) in [6, 6.07) is 38.8. The first-order valence-electron chi connectivity index (χ1n) is 19.0. The average Bonchev–Trinajstić information content (AvgIpc) is 3.24. The molecule has 2 N–H and O–H groups in total. The van der Waals surface area contributed by atoms with Crippen molar-refractivity contribution in [2.45, 2.75) is 38.5 Å². The van der Waals surface area contributed by atoms with E-state index in [1.807, 2.05) is 48.7 Å². The maximum atomic E-state index is 12.8. The highest BCUT2D eigenvalue weighted by Crippen LogP contribution is 2.35. The van der Waals surface area contributed by atoms with E-state index < -0.39 is 0 Å². The number of amides is 2. The number of anilines is 2. The standard InChI is InChI=1S/C47H41N5O4/c53-46(51-40-6-3-23-48-30-40)7-1-4-32-9-13-34(14-10-32)36-17-20-42-38(26-36)27-39(29-49-42)43-21-19-41(31-50-43)52-47(54)8-2-5-33-11-15-35(16-12-33)37-18-22-44-45(28-37)56-25-24-55-44/h3,6,9-23,26-31H,1-2,4-5,7-8,24-25H2,(H,51,53)(H,52,54). The van der Waals surface area contributed by atoms with Crippen molar-refractivity contribution in [3.05, 3.63) is 151 Å². The zero-order valence-electron chi connectivity index (χ0n) is 30.9. The Morgan fingerprint density at radius 2 is 1.16 bits per heavy atom. The summed E-state index contributed by atoms with van der Waals surface area (Å²) in [7, 11) is 0. The van der Waals surface area contributed by atoms with Gasteiger partial charge in [0.25, 0.3) is 0 Å². The first-order chi connectivity index (χ1) is 27.5. The molecule has 9 heteroatoms. The van der Waals surface area contributed by atoms with Crippen LogP contribution in [0, 0.1) is 0 Å². The Balaban J connectivity index is 0.814. The fourth-order valence-corrected chi connectivity index (χ4v) is 6.83. The largest absolute Gasteiger partial charge is 0.486 e. The minimum atomic E-state index is -0.0374. The lowest BCUT2D eigenvalue weighted by Gasteiger charge is -2.19. The zero-order chi connectivity index (χ0) is 38.1. The van der Waals surface area contributed by atoms with Gasteiger partial charge in [0, 0.05) is 36.2 Å². The summed E-state index contributed by atoms with van der Waals surface area (Å²) in [4.78, 5) is 38.4. The van der Waals surface area contributed by atoms with Crippen molar-refractivity contribution in [1.82, 2.24) is 15.0 Å². The first-order valence-corrected chi connectivity index (χ1v) is 19.0. The fourth-order valence-electron chi connectivity index (χ4n) is 6.83. The first kappa shape index (κ1) is 36.1. The van der Waals surface area contributed by atoms with Gasteiger partial charge in [-0.25, -0.2) is 0 Å². The van der Waals surface area contributed by atoms with Crippen LogP contribution in [0.5, 0.6) is 11.5 Å². The number of carbonyl (C=O) groups is 2. The third kappa shape index (κ3) is 9.07. The van der Waals surface area contributed by atoms with E-state index in [4.69, 9.17) is 14.5 Å². The Labute approximate surface area is 325 Å². The van der Waals surface area contributed by atoms with Gasteiger partial charge < -0.3 is 20.1 Å². The SMILES string of the molecule is O=C(CCCc1ccc(-c2ccc3ncc(-c4ccc(NC(=O)CCCc5ccc(-c6ccc7c(c6)OCCO7)cc5)cn4)cc3c2)cc1)Nc1cccnc1. The van der Waals surface area contributed by atoms with Crippen LogP contribution in [0.15, 0.2) is 140 Å². The molecule has 278 valence electrons. The summed E-state index contributed by atoms with van der Waals surface area (Å²) in [5, 5.41) is 6.89. The highest BCUT2D eigenvalue weighted by atomic mass is 16.6. The topological polar surface area (TPSA) is 115 Å². The van der Waals surface area contributed by atoms with Gasteiger partial charge in [-0.1, -0.05) is 60.7 Å². The molecule has 4 heterocycles. The minimum absolute atomic E-state index is 0.00730. The van der Waals surface area contributed by atoms with Crippen LogP contribution in [0.2, 0.25) is 0 Å². The molecule has 0 aliphatic carbocycles. The van der Waals surface area contributed by atoms with Gasteiger partial charge in [0.15, 0.2) is 11.5 Å². The Morgan fingerprint density at radius 3 is 1.80 bits per heavy atom. The average molecular weight is 740 g/mol. The molecule has 1 aliphatic rings. The van der Waals surface area contributed by atoms with Crippen molar-refractivity contribution in [3.63, 3.8) is 0 Å². The van der Waals surface area contributed by atoms with Gasteiger partial charge in [-0.15, -0.1) is 0 Å². The zero-order valence-corrected chi connectivity index (χ0v) is 30.9. The van der Waals surface area contributed by atoms with Crippen molar-refractivity contribution < 1.29 is 19.1 Å². The van der Waals surface area contributed by atoms with Crippen LogP contribution in [0.3, 0.4) is 0 Å². The number of hydrogen-bond acceptors (Lipinski definition) is 7. The van der Waals surface area contributed by atoms with Gasteiger partial charge in [-0.2, -0.15) is 0 Å². The lowest BCUT2D eigenvalue weighted by molar-refractivity contribution is -0.117. The van der Waals surface area contributed by atoms with Crippen LogP contribution in [-0.2, 0) is 22.4 Å². The molecule has 56 heavy (non-hydrogen) atoms. The van der Waals surface area contributed by atoms with Gasteiger partial charge in [-0.05, 0) is 114 Å². The second-order valence-corrected chi connectivity index (χ2v) is 13.9. The fraction of sp³-hybridized carbons (Fsp3) is 0.170. The molecule has 8 rings (SSSR count). The van der Waals surface area contributed by atoms with Gasteiger partial charge in [0.05, 0.1) is 35.0 Å². The van der Waals surface area contributed by atoms with Crippen LogP contribution in [0.25, 0.3) is 44.4 Å². The van der Waals surface area contributed by atoms with Crippen LogP contribution in [0.4, 0.5) is 11.4 Å². The normalized spacial score (nSPS) is 11.9. The molecule has 7 aromatic rings. The van der Waals surface area contributed by atoms with Crippen molar-refractivity contribution in [2.75, 3.05) is 23.8 Å². The number of fused-ring (bicyclic) bond motifs is 2. The van der Waals surface area contributed by atoms with E-state index >= 15 is 0 Å². The number of aromatic nitrogens is 3. The van der Waals surface area contributed by atoms with Gasteiger partial charge >= 0.3 is 0 Å². The minimum Gasteiger partial charge on any atom is -0.486 e. The number of aryl methyl sites for hydroxylation is 2. The van der Waals surface area contributed by atoms with Crippen molar-refractivity contribution in [3.8, 4) is 45.0 Å². The number of rotatable bonds is 13. The van der Waals surface area contributed by atoms with E-state index in [-0.39, 0.29) is 11.8 Å². The molecule has 1 aliphatic heterocycles. The number of carbonyl (C=O) groups excluding carboxylic acids is 2. The number of pyridine rings is 3. The maximum Gasteiger partial charge on any atom is 0.224 e. The molecule has 3 aromatic heterocycles. The highest BCUT2D eigenvalue weighted by molar-refractivity contribution is 5.91. The van der Waals surface area contributed by atoms with Crippen molar-refractivity contribution in [2.24, 2.45) is 0 Å². The molecule has 0 saturated carbocycles. The monoisotopic (exact) mass is 739 g/mol. The van der Waals surface area contributed by atoms with Crippen molar-refractivity contribution in [1.29, 1.82) is 0 Å². The smallest absolute Gasteiger partial charge is 0.224 e. The lowest BCUT2D eigenvalue weighted by atomic mass is 9.99. The molecule has 0 bridgehead atoms. The van der Waals surface area contributed by atoms with Gasteiger partial charge in [0.1, 0.15) is 13.2 Å². The van der Waals surface area contributed by atoms with E-state index in [1.165, 1.54) is 11.1 Å². The lowest BCUT2D eigenvalue weighted by Crippen LogP contribution is -2.15. The molecule has 0 spiro atoms. The number of ether oxygens (including phenoxy) is 2. The third-order valence-electron chi connectivity index (χ3n) is 9.82. The number of nitrogens with zero attached hydrogens (tertiary/aromatic N) is 3. The Hall–Kier alpha value is -6.87. The summed E-state index contributed by atoms with van der Waals surface area (Å²) in [5.74, 6) is 1.52. The van der Waals surface area contributed by atoms with E-state index in [9.17, 15) is 9.59 Å². The quantitative estimate of drug-likeness (QED) is 0.121. The Bertz CT molecular complexity index is 2450. The number of nitrogens with one attached hydrogen (secondary N) is 2. The highest BCUT2D eigenvalue weighted by Gasteiger charge is 2.13. The molecular formula is C47H41N5O4. The van der Waals surface area contributed by atoms with Gasteiger partial charge in [-0.3, -0.25) is 24.5 Å². The van der Waals surface area contributed by atoms with E-state index in [1.54, 1.807) is 24.7 Å². The number of benzene rings is 4. The summed E-state index contributed by atoms with van der Waals surface area (Å²) in [6.45, 7) is 1.14. The molecule has 0 fully saturated rings. The third-order valence-corrected chi connectivity index (χ3v) is 9.82. The second-order valence-electron chi connectivity index (χ2n) is 13.9. The molecule has 4 aromatic carbocycles. The van der Waals surface area contributed by atoms with Crippen LogP contribution < -0.4 is 20.1 Å². The summed E-state index contributed by atoms with van der Waals surface area (Å²) < 4.78 is 11.4. The predicted molar refractivity (Wildman–Crippen MR) is 221 cm³/mol. The van der Waals surface area contributed by atoms with Crippen LogP contribution in [0.1, 0.15) is 36.8 Å². The molecule has 0 saturated heterocycles. The molecular weight excluding hydrogens is 699 g/mol. The maximum absolute atomic E-state index is 12.8. The molecule has 0 atom stereocenters. The van der Waals surface area contributed by atoms with E-state index in [0.29, 0.717) is 37.4 Å². The molecule has 0 radical (unpaired) electrons. The van der Waals surface area contributed by atoms with Gasteiger partial charge in [0.2, 0.25) is 11.8 Å². The second kappa shape index (κ2) is 17.1. The van der Waals surface area contributed by atoms with E-state index in [2.05, 4.69) is 87.3 Å². The summed E-state index contributed by atoms with van der Waals surface area (Å²) in [5.41, 5.74) is 10.7. The van der Waals surface area contributed by atoms with E-state index in [0.717, 1.165) is 81.6 Å². The molecule has 9 nitrogen and oxygen atoms in total. The summed E-state index contributed by atoms with van der Waals surface area (Å²) in [6.07, 6.45) is 10.8. The Morgan fingerprint density at radius 1 is 0.554 bits per heavy atom.